The van der Waals surface area contributed by atoms with E-state index in [2.05, 4.69) is 51.3 Å². The first kappa shape index (κ1) is 27.5. The van der Waals surface area contributed by atoms with Crippen LogP contribution < -0.4 is 0 Å². The molecular formula is C27H54N2O. The summed E-state index contributed by atoms with van der Waals surface area (Å²) in [5, 5.41) is 0. The summed E-state index contributed by atoms with van der Waals surface area (Å²) in [7, 11) is 0. The molecule has 1 aliphatic heterocycles. The van der Waals surface area contributed by atoms with E-state index in [1.54, 1.807) is 0 Å². The van der Waals surface area contributed by atoms with Crippen molar-refractivity contribution in [3.63, 3.8) is 0 Å². The molecule has 0 saturated carbocycles. The van der Waals surface area contributed by atoms with E-state index in [0.717, 1.165) is 38.3 Å². The first-order valence-corrected chi connectivity index (χ1v) is 13.5. The first-order valence-electron chi connectivity index (χ1n) is 13.5. The van der Waals surface area contributed by atoms with Gasteiger partial charge < -0.3 is 4.90 Å². The molecule has 0 radical (unpaired) electrons. The summed E-state index contributed by atoms with van der Waals surface area (Å²) in [6.45, 7) is 17.0. The predicted octanol–water partition coefficient (Wildman–Crippen LogP) is 7.29. The minimum atomic E-state index is 0.182. The maximum absolute atomic E-state index is 13.3. The van der Waals surface area contributed by atoms with Crippen LogP contribution in [0.4, 0.5) is 0 Å². The lowest BCUT2D eigenvalue weighted by Gasteiger charge is -2.47. The molecule has 3 nitrogen and oxygen atoms in total. The summed E-state index contributed by atoms with van der Waals surface area (Å²) < 4.78 is 0. The Morgan fingerprint density at radius 1 is 0.767 bits per heavy atom. The van der Waals surface area contributed by atoms with E-state index in [1.807, 2.05) is 0 Å². The predicted molar refractivity (Wildman–Crippen MR) is 132 cm³/mol. The fraction of sp³-hybridized carbons (Fsp3) is 0.963. The van der Waals surface area contributed by atoms with Crippen LogP contribution >= 0.6 is 0 Å². The third-order valence-corrected chi connectivity index (χ3v) is 7.31. The summed E-state index contributed by atoms with van der Waals surface area (Å²) in [6.07, 6.45) is 16.4. The number of nitrogens with zero attached hydrogens (tertiary/aromatic N) is 2. The SMILES string of the molecule is CCCCCCC(C)C(=O)N1[C@H](CC)CN(CCCCC(C)CCCC)C[C@@H]1CC. The molecule has 178 valence electrons. The molecule has 3 heteroatoms. The van der Waals surface area contributed by atoms with Crippen molar-refractivity contribution in [2.75, 3.05) is 19.6 Å². The largest absolute Gasteiger partial charge is 0.334 e. The van der Waals surface area contributed by atoms with Gasteiger partial charge >= 0.3 is 0 Å². The van der Waals surface area contributed by atoms with Crippen LogP contribution in [0.25, 0.3) is 0 Å². The Hall–Kier alpha value is -0.570. The summed E-state index contributed by atoms with van der Waals surface area (Å²) >= 11 is 0. The lowest BCUT2D eigenvalue weighted by Crippen LogP contribution is -2.61. The van der Waals surface area contributed by atoms with Crippen LogP contribution in [0.2, 0.25) is 0 Å². The van der Waals surface area contributed by atoms with E-state index in [1.165, 1.54) is 70.8 Å². The van der Waals surface area contributed by atoms with Crippen LogP contribution in [0.3, 0.4) is 0 Å². The molecule has 0 spiro atoms. The van der Waals surface area contributed by atoms with Gasteiger partial charge in [-0.25, -0.2) is 0 Å². The second kappa shape index (κ2) is 16.1. The zero-order chi connectivity index (χ0) is 22.4. The number of amides is 1. The van der Waals surface area contributed by atoms with Crippen molar-refractivity contribution in [2.24, 2.45) is 11.8 Å². The highest BCUT2D eigenvalue weighted by Gasteiger charge is 2.36. The highest BCUT2D eigenvalue weighted by molar-refractivity contribution is 5.79. The number of unbranched alkanes of at least 4 members (excludes halogenated alkanes) is 5. The van der Waals surface area contributed by atoms with Crippen molar-refractivity contribution >= 4 is 5.91 Å². The fourth-order valence-electron chi connectivity index (χ4n) is 5.12. The van der Waals surface area contributed by atoms with Crippen molar-refractivity contribution in [3.8, 4) is 0 Å². The molecule has 1 fully saturated rings. The van der Waals surface area contributed by atoms with Crippen molar-refractivity contribution < 1.29 is 4.79 Å². The maximum Gasteiger partial charge on any atom is 0.225 e. The molecule has 0 bridgehead atoms. The molecule has 1 amide bonds. The third-order valence-electron chi connectivity index (χ3n) is 7.31. The highest BCUT2D eigenvalue weighted by atomic mass is 16.2. The maximum atomic E-state index is 13.3. The van der Waals surface area contributed by atoms with Gasteiger partial charge in [0.1, 0.15) is 0 Å². The molecule has 30 heavy (non-hydrogen) atoms. The van der Waals surface area contributed by atoms with Gasteiger partial charge in [-0.3, -0.25) is 9.69 Å². The normalized spacial score (nSPS) is 22.3. The molecule has 1 heterocycles. The minimum absolute atomic E-state index is 0.182. The van der Waals surface area contributed by atoms with Gasteiger partial charge in [0, 0.05) is 31.1 Å². The average molecular weight is 423 g/mol. The quantitative estimate of drug-likeness (QED) is 0.244. The van der Waals surface area contributed by atoms with E-state index < -0.39 is 0 Å². The summed E-state index contributed by atoms with van der Waals surface area (Å²) in [5.74, 6) is 1.49. The Morgan fingerprint density at radius 2 is 1.33 bits per heavy atom. The fourth-order valence-corrected chi connectivity index (χ4v) is 5.12. The number of carbonyl (C=O) groups is 1. The number of rotatable bonds is 16. The second-order valence-corrected chi connectivity index (χ2v) is 10.1. The van der Waals surface area contributed by atoms with Gasteiger partial charge in [-0.1, -0.05) is 99.3 Å². The minimum Gasteiger partial charge on any atom is -0.334 e. The van der Waals surface area contributed by atoms with Gasteiger partial charge in [0.2, 0.25) is 5.91 Å². The standard InChI is InChI=1S/C27H54N2O/c1-7-11-13-14-19-24(6)27(30)29-25(9-3)21-28(22-26(29)10-4)20-16-15-18-23(5)17-12-8-2/h23-26H,7-22H2,1-6H3/t23?,24?,25-,26+. The number of carbonyl (C=O) groups excluding carboxylic acids is 1. The molecular weight excluding hydrogens is 368 g/mol. The van der Waals surface area contributed by atoms with Crippen LogP contribution in [0, 0.1) is 11.8 Å². The zero-order valence-electron chi connectivity index (χ0n) is 21.4. The van der Waals surface area contributed by atoms with Crippen LogP contribution in [-0.4, -0.2) is 47.4 Å². The molecule has 0 N–H and O–H groups in total. The second-order valence-electron chi connectivity index (χ2n) is 10.1. The van der Waals surface area contributed by atoms with Crippen LogP contribution in [0.15, 0.2) is 0 Å². The van der Waals surface area contributed by atoms with Crippen molar-refractivity contribution in [3.05, 3.63) is 0 Å². The van der Waals surface area contributed by atoms with Gasteiger partial charge in [0.25, 0.3) is 0 Å². The smallest absolute Gasteiger partial charge is 0.225 e. The monoisotopic (exact) mass is 422 g/mol. The van der Waals surface area contributed by atoms with Gasteiger partial charge in [-0.15, -0.1) is 0 Å². The van der Waals surface area contributed by atoms with E-state index in [9.17, 15) is 4.79 Å². The molecule has 2 unspecified atom stereocenters. The summed E-state index contributed by atoms with van der Waals surface area (Å²) in [5.41, 5.74) is 0. The van der Waals surface area contributed by atoms with Gasteiger partial charge in [-0.05, 0) is 38.1 Å². The van der Waals surface area contributed by atoms with Crippen molar-refractivity contribution in [1.29, 1.82) is 0 Å². The Balaban J connectivity index is 2.51. The Kier molecular flexibility index (Phi) is 14.8. The number of hydrogen-bond donors (Lipinski definition) is 0. The molecule has 4 atom stereocenters. The van der Waals surface area contributed by atoms with Gasteiger partial charge in [0.15, 0.2) is 0 Å². The van der Waals surface area contributed by atoms with E-state index in [0.29, 0.717) is 18.0 Å². The summed E-state index contributed by atoms with van der Waals surface area (Å²) in [4.78, 5) is 18.3. The zero-order valence-corrected chi connectivity index (χ0v) is 21.4. The Morgan fingerprint density at radius 3 is 1.90 bits per heavy atom. The number of hydrogen-bond acceptors (Lipinski definition) is 2. The molecule has 0 aliphatic carbocycles. The molecule has 1 aliphatic rings. The summed E-state index contributed by atoms with van der Waals surface area (Å²) in [6, 6.07) is 0.801. The van der Waals surface area contributed by atoms with Gasteiger partial charge in [0.05, 0.1) is 0 Å². The van der Waals surface area contributed by atoms with Crippen LogP contribution in [-0.2, 0) is 4.79 Å². The first-order chi connectivity index (χ1) is 14.5. The van der Waals surface area contributed by atoms with Crippen molar-refractivity contribution in [1.82, 2.24) is 9.80 Å². The average Bonchev–Trinajstić information content (AvgIpc) is 2.76. The molecule has 0 aromatic rings. The molecule has 1 rings (SSSR count). The Labute approximate surface area is 189 Å². The van der Waals surface area contributed by atoms with E-state index >= 15 is 0 Å². The Bertz CT molecular complexity index is 425. The lowest BCUT2D eigenvalue weighted by molar-refractivity contribution is -0.144. The number of piperazine rings is 1. The molecule has 0 aromatic carbocycles. The van der Waals surface area contributed by atoms with Crippen LogP contribution in [0.5, 0.6) is 0 Å². The third kappa shape index (κ3) is 9.71. The van der Waals surface area contributed by atoms with E-state index in [4.69, 9.17) is 0 Å². The van der Waals surface area contributed by atoms with Crippen LogP contribution in [0.1, 0.15) is 125 Å². The van der Waals surface area contributed by atoms with Crippen molar-refractivity contribution in [2.45, 2.75) is 137 Å². The highest BCUT2D eigenvalue weighted by Crippen LogP contribution is 2.25. The molecule has 1 saturated heterocycles. The molecule has 0 aromatic heterocycles. The van der Waals surface area contributed by atoms with E-state index in [-0.39, 0.29) is 5.92 Å². The topological polar surface area (TPSA) is 23.6 Å². The lowest BCUT2D eigenvalue weighted by atomic mass is 9.95. The van der Waals surface area contributed by atoms with Gasteiger partial charge in [-0.2, -0.15) is 0 Å².